The van der Waals surface area contributed by atoms with E-state index in [1.807, 2.05) is 0 Å². The normalized spacial score (nSPS) is 33.4. The van der Waals surface area contributed by atoms with Crippen LogP contribution in [-0.2, 0) is 4.74 Å². The average molecular weight is 263 g/mol. The summed E-state index contributed by atoms with van der Waals surface area (Å²) in [4.78, 5) is 12.9. The van der Waals surface area contributed by atoms with Crippen molar-refractivity contribution in [1.82, 2.24) is 4.90 Å². The lowest BCUT2D eigenvalue weighted by molar-refractivity contribution is -0.141. The minimum atomic E-state index is -1.41. The Morgan fingerprint density at radius 3 is 2.28 bits per heavy atom. The third-order valence-corrected chi connectivity index (χ3v) is 2.74. The van der Waals surface area contributed by atoms with Gasteiger partial charge in [0, 0.05) is 0 Å². The van der Waals surface area contributed by atoms with Gasteiger partial charge in [-0.15, -0.1) is 0 Å². The molecule has 4 N–H and O–H groups in total. The van der Waals surface area contributed by atoms with E-state index in [1.165, 1.54) is 0 Å². The van der Waals surface area contributed by atoms with Crippen LogP contribution in [0.2, 0.25) is 0 Å². The molecule has 0 saturated carbocycles. The number of piperidine rings is 1. The molecule has 0 spiro atoms. The predicted octanol–water partition coefficient (Wildman–Crippen LogP) is -1.32. The van der Waals surface area contributed by atoms with Gasteiger partial charge in [-0.05, 0) is 20.8 Å². The van der Waals surface area contributed by atoms with Gasteiger partial charge in [0.2, 0.25) is 0 Å². The van der Waals surface area contributed by atoms with Crippen LogP contribution in [0.1, 0.15) is 20.8 Å². The fraction of sp³-hybridized carbons (Fsp3) is 0.909. The SMILES string of the molecule is CC(C)(C)OC(=O)N1C[C@@H](O)[C@H](O)[C@@H](O)[C@@H]1CO. The van der Waals surface area contributed by atoms with Gasteiger partial charge in [-0.2, -0.15) is 0 Å². The molecule has 7 heteroatoms. The highest BCUT2D eigenvalue weighted by Crippen LogP contribution is 2.21. The highest BCUT2D eigenvalue weighted by Gasteiger charge is 2.44. The second kappa shape index (κ2) is 5.40. The summed E-state index contributed by atoms with van der Waals surface area (Å²) in [5, 5.41) is 37.9. The number of carbonyl (C=O) groups is 1. The van der Waals surface area contributed by atoms with Crippen LogP contribution in [0, 0.1) is 0 Å². The van der Waals surface area contributed by atoms with Crippen LogP contribution in [-0.4, -0.2) is 74.5 Å². The molecule has 1 fully saturated rings. The molecule has 4 atom stereocenters. The summed E-state index contributed by atoms with van der Waals surface area (Å²) in [7, 11) is 0. The summed E-state index contributed by atoms with van der Waals surface area (Å²) in [6, 6.07) is -0.988. The number of nitrogens with zero attached hydrogens (tertiary/aromatic N) is 1. The number of β-amino-alcohol motifs (C(OH)–C–C–N with tert-alkyl or cyclic N) is 1. The number of amides is 1. The summed E-state index contributed by atoms with van der Waals surface area (Å²) in [5.74, 6) is 0. The number of aliphatic hydroxyl groups is 4. The maximum atomic E-state index is 11.9. The minimum Gasteiger partial charge on any atom is -0.444 e. The van der Waals surface area contributed by atoms with E-state index in [2.05, 4.69) is 0 Å². The van der Waals surface area contributed by atoms with E-state index in [9.17, 15) is 25.2 Å². The lowest BCUT2D eigenvalue weighted by Gasteiger charge is -2.43. The Balaban J connectivity index is 2.82. The minimum absolute atomic E-state index is 0.196. The van der Waals surface area contributed by atoms with Crippen LogP contribution in [0.15, 0.2) is 0 Å². The number of likely N-dealkylation sites (tertiary alicyclic amines) is 1. The van der Waals surface area contributed by atoms with E-state index in [1.54, 1.807) is 20.8 Å². The zero-order valence-electron chi connectivity index (χ0n) is 10.8. The van der Waals surface area contributed by atoms with Gasteiger partial charge >= 0.3 is 6.09 Å². The molecule has 0 bridgehead atoms. The van der Waals surface area contributed by atoms with Crippen LogP contribution >= 0.6 is 0 Å². The highest BCUT2D eigenvalue weighted by atomic mass is 16.6. The van der Waals surface area contributed by atoms with Crippen molar-refractivity contribution in [2.24, 2.45) is 0 Å². The van der Waals surface area contributed by atoms with Crippen molar-refractivity contribution in [2.75, 3.05) is 13.2 Å². The molecule has 0 aliphatic carbocycles. The summed E-state index contributed by atoms with van der Waals surface area (Å²) in [5.41, 5.74) is -0.719. The van der Waals surface area contributed by atoms with E-state index in [-0.39, 0.29) is 6.54 Å². The fourth-order valence-electron chi connectivity index (χ4n) is 1.82. The quantitative estimate of drug-likeness (QED) is 0.467. The number of ether oxygens (including phenoxy) is 1. The van der Waals surface area contributed by atoms with E-state index >= 15 is 0 Å². The van der Waals surface area contributed by atoms with Crippen LogP contribution < -0.4 is 0 Å². The van der Waals surface area contributed by atoms with E-state index in [0.717, 1.165) is 4.90 Å². The molecule has 1 heterocycles. The molecule has 7 nitrogen and oxygen atoms in total. The number of hydrogen-bond donors (Lipinski definition) is 4. The third-order valence-electron chi connectivity index (χ3n) is 2.74. The molecule has 1 aliphatic heterocycles. The average Bonchev–Trinajstić information content (AvgIpc) is 2.23. The standard InChI is InChI=1S/C11H21NO6/c1-11(2,3)18-10(17)12-4-7(14)9(16)8(15)6(12)5-13/h6-9,13-16H,4-5H2,1-3H3/t6-,7+,8-,9-/m0/s1. The Morgan fingerprint density at radius 2 is 1.83 bits per heavy atom. The molecule has 18 heavy (non-hydrogen) atoms. The van der Waals surface area contributed by atoms with Gasteiger partial charge in [0.1, 0.15) is 23.9 Å². The monoisotopic (exact) mass is 263 g/mol. The first kappa shape index (κ1) is 15.2. The molecular weight excluding hydrogens is 242 g/mol. The predicted molar refractivity (Wildman–Crippen MR) is 61.8 cm³/mol. The molecule has 1 saturated heterocycles. The molecule has 0 aromatic heterocycles. The Kier molecular flexibility index (Phi) is 4.55. The van der Waals surface area contributed by atoms with Crippen molar-refractivity contribution in [3.63, 3.8) is 0 Å². The maximum Gasteiger partial charge on any atom is 0.410 e. The van der Waals surface area contributed by atoms with E-state index in [0.29, 0.717) is 0 Å². The molecule has 0 aromatic rings. The first-order chi connectivity index (χ1) is 8.17. The first-order valence-corrected chi connectivity index (χ1v) is 5.82. The van der Waals surface area contributed by atoms with Crippen molar-refractivity contribution in [3.8, 4) is 0 Å². The van der Waals surface area contributed by atoms with Crippen molar-refractivity contribution in [2.45, 2.75) is 50.7 Å². The van der Waals surface area contributed by atoms with E-state index < -0.39 is 42.7 Å². The van der Waals surface area contributed by atoms with Crippen LogP contribution in [0.3, 0.4) is 0 Å². The van der Waals surface area contributed by atoms with Gasteiger partial charge in [-0.3, -0.25) is 4.90 Å². The second-order valence-electron chi connectivity index (χ2n) is 5.43. The number of hydrogen-bond acceptors (Lipinski definition) is 6. The lowest BCUT2D eigenvalue weighted by atomic mass is 9.95. The largest absolute Gasteiger partial charge is 0.444 e. The maximum absolute atomic E-state index is 11.9. The summed E-state index contributed by atoms with van der Waals surface area (Å²) >= 11 is 0. The van der Waals surface area contributed by atoms with Gasteiger partial charge < -0.3 is 25.2 Å². The van der Waals surface area contributed by atoms with Gasteiger partial charge in [-0.1, -0.05) is 0 Å². The fourth-order valence-corrected chi connectivity index (χ4v) is 1.82. The second-order valence-corrected chi connectivity index (χ2v) is 5.43. The van der Waals surface area contributed by atoms with E-state index in [4.69, 9.17) is 4.74 Å². The zero-order valence-corrected chi connectivity index (χ0v) is 10.8. The molecular formula is C11H21NO6. The highest BCUT2D eigenvalue weighted by molar-refractivity contribution is 5.69. The summed E-state index contributed by atoms with van der Waals surface area (Å²) in [6.45, 7) is 4.34. The van der Waals surface area contributed by atoms with Crippen LogP contribution in [0.5, 0.6) is 0 Å². The molecule has 106 valence electrons. The Hall–Kier alpha value is -0.890. The van der Waals surface area contributed by atoms with Crippen molar-refractivity contribution in [1.29, 1.82) is 0 Å². The van der Waals surface area contributed by atoms with Crippen molar-refractivity contribution in [3.05, 3.63) is 0 Å². The Labute approximate surface area is 106 Å². The van der Waals surface area contributed by atoms with Crippen LogP contribution in [0.4, 0.5) is 4.79 Å². The molecule has 0 aromatic carbocycles. The topological polar surface area (TPSA) is 110 Å². The Bertz CT molecular complexity index is 302. The number of rotatable bonds is 1. The van der Waals surface area contributed by atoms with Crippen LogP contribution in [0.25, 0.3) is 0 Å². The zero-order chi connectivity index (χ0) is 14.1. The first-order valence-electron chi connectivity index (χ1n) is 5.82. The molecule has 1 rings (SSSR count). The molecule has 0 radical (unpaired) electrons. The van der Waals surface area contributed by atoms with Crippen molar-refractivity contribution >= 4 is 6.09 Å². The summed E-state index contributed by atoms with van der Waals surface area (Å²) < 4.78 is 5.11. The Morgan fingerprint density at radius 1 is 1.28 bits per heavy atom. The molecule has 0 unspecified atom stereocenters. The van der Waals surface area contributed by atoms with Gasteiger partial charge in [0.15, 0.2) is 0 Å². The summed E-state index contributed by atoms with van der Waals surface area (Å²) in [6.07, 6.45) is -4.81. The van der Waals surface area contributed by atoms with Gasteiger partial charge in [0.25, 0.3) is 0 Å². The number of aliphatic hydroxyl groups excluding tert-OH is 4. The smallest absolute Gasteiger partial charge is 0.410 e. The molecule has 1 aliphatic rings. The van der Waals surface area contributed by atoms with Gasteiger partial charge in [-0.25, -0.2) is 4.79 Å². The third kappa shape index (κ3) is 3.32. The van der Waals surface area contributed by atoms with Crippen molar-refractivity contribution < 1.29 is 30.0 Å². The molecule has 1 amide bonds. The lowest BCUT2D eigenvalue weighted by Crippen LogP contribution is -2.64. The van der Waals surface area contributed by atoms with Gasteiger partial charge in [0.05, 0.1) is 19.2 Å². The number of carbonyl (C=O) groups excluding carboxylic acids is 1.